The van der Waals surface area contributed by atoms with Gasteiger partial charge in [-0.15, -0.1) is 0 Å². The average Bonchev–Trinajstić information content (AvgIpc) is 3.28. The molecular weight excluding hydrogens is 452 g/mol. The molecule has 1 atom stereocenters. The van der Waals surface area contributed by atoms with Gasteiger partial charge in [0.25, 0.3) is 5.89 Å². The van der Waals surface area contributed by atoms with Crippen molar-refractivity contribution >= 4 is 23.2 Å². The fourth-order valence-corrected chi connectivity index (χ4v) is 4.13. The lowest BCUT2D eigenvalue weighted by molar-refractivity contribution is 0.0736. The Morgan fingerprint density at radius 2 is 1.94 bits per heavy atom. The molecule has 1 aliphatic rings. The number of aryl methyl sites for hydroxylation is 1. The highest BCUT2D eigenvalue weighted by Gasteiger charge is 2.35. The molecule has 1 unspecified atom stereocenters. The van der Waals surface area contributed by atoms with Crippen LogP contribution in [-0.2, 0) is 4.74 Å². The van der Waals surface area contributed by atoms with Crippen LogP contribution in [0.25, 0.3) is 17.0 Å². The second kappa shape index (κ2) is 10.4. The summed E-state index contributed by atoms with van der Waals surface area (Å²) in [6, 6.07) is 14.7. The summed E-state index contributed by atoms with van der Waals surface area (Å²) in [5.41, 5.74) is 4.40. The van der Waals surface area contributed by atoms with Crippen LogP contribution >= 0.6 is 11.6 Å². The van der Waals surface area contributed by atoms with Gasteiger partial charge in [-0.25, -0.2) is 4.79 Å². The first-order valence-electron chi connectivity index (χ1n) is 11.4. The van der Waals surface area contributed by atoms with Gasteiger partial charge in [-0.1, -0.05) is 52.7 Å². The number of rotatable bonds is 8. The predicted octanol–water partition coefficient (Wildman–Crippen LogP) is 6.01. The maximum Gasteiger partial charge on any atom is 0.322 e. The Labute approximate surface area is 204 Å². The van der Waals surface area contributed by atoms with E-state index in [0.717, 1.165) is 28.0 Å². The Kier molecular flexibility index (Phi) is 7.34. The van der Waals surface area contributed by atoms with Crippen LogP contribution < -0.4 is 5.32 Å². The van der Waals surface area contributed by atoms with Gasteiger partial charge in [0, 0.05) is 29.4 Å². The van der Waals surface area contributed by atoms with Crippen molar-refractivity contribution in [3.05, 3.63) is 76.3 Å². The molecule has 2 heterocycles. The summed E-state index contributed by atoms with van der Waals surface area (Å²) in [6.45, 7) is 9.01. The van der Waals surface area contributed by atoms with E-state index in [1.165, 1.54) is 0 Å². The van der Waals surface area contributed by atoms with Crippen molar-refractivity contribution < 1.29 is 14.1 Å². The van der Waals surface area contributed by atoms with E-state index in [4.69, 9.17) is 25.8 Å². The Hall–Kier alpha value is -3.16. The van der Waals surface area contributed by atoms with E-state index < -0.39 is 6.04 Å². The second-order valence-electron chi connectivity index (χ2n) is 8.65. The number of hydrogen-bond donors (Lipinski definition) is 1. The topological polar surface area (TPSA) is 80.5 Å². The summed E-state index contributed by atoms with van der Waals surface area (Å²) in [4.78, 5) is 19.5. The molecule has 34 heavy (non-hydrogen) atoms. The molecule has 0 bridgehead atoms. The minimum atomic E-state index is -0.446. The zero-order chi connectivity index (χ0) is 24.2. The first-order valence-corrected chi connectivity index (χ1v) is 11.8. The molecule has 2 aromatic carbocycles. The van der Waals surface area contributed by atoms with Crippen LogP contribution in [0.5, 0.6) is 0 Å². The Balaban J connectivity index is 1.71. The van der Waals surface area contributed by atoms with Crippen LogP contribution in [0.15, 0.2) is 58.8 Å². The smallest absolute Gasteiger partial charge is 0.322 e. The van der Waals surface area contributed by atoms with Crippen LogP contribution in [0.1, 0.15) is 50.3 Å². The molecule has 1 aliphatic heterocycles. The number of hydrogen-bond acceptors (Lipinski definition) is 5. The third kappa shape index (κ3) is 5.32. The average molecular weight is 481 g/mol. The molecule has 7 nitrogen and oxygen atoms in total. The Morgan fingerprint density at radius 1 is 1.18 bits per heavy atom. The van der Waals surface area contributed by atoms with Crippen LogP contribution in [0.3, 0.4) is 0 Å². The van der Waals surface area contributed by atoms with Gasteiger partial charge in [0.05, 0.1) is 17.7 Å². The van der Waals surface area contributed by atoms with Gasteiger partial charge in [0.2, 0.25) is 5.82 Å². The van der Waals surface area contributed by atoms with Crippen LogP contribution in [0, 0.1) is 6.92 Å². The maximum atomic E-state index is 13.1. The quantitative estimate of drug-likeness (QED) is 0.399. The number of carbonyl (C=O) groups excluding carboxylic acids is 1. The lowest BCUT2D eigenvalue weighted by Gasteiger charge is -2.35. The third-order valence-electron chi connectivity index (χ3n) is 5.71. The zero-order valence-electron chi connectivity index (χ0n) is 19.8. The molecule has 8 heteroatoms. The molecule has 0 saturated carbocycles. The third-order valence-corrected chi connectivity index (χ3v) is 5.96. The van der Waals surface area contributed by atoms with Crippen molar-refractivity contribution in [1.82, 2.24) is 20.4 Å². The first-order chi connectivity index (χ1) is 16.3. The number of halogens is 1. The van der Waals surface area contributed by atoms with Gasteiger partial charge in [-0.2, -0.15) is 4.98 Å². The van der Waals surface area contributed by atoms with E-state index in [2.05, 4.69) is 10.5 Å². The molecule has 0 radical (unpaired) electrons. The molecule has 1 N–H and O–H groups in total. The SMILES string of the molecule is CC1=C(c2nc(-c3cccc(C)c3)no2)C(c2ccc(Cl)cc2)NC(=O)N1CCCOC(C)C. The van der Waals surface area contributed by atoms with E-state index in [9.17, 15) is 4.79 Å². The highest BCUT2D eigenvalue weighted by Crippen LogP contribution is 2.37. The van der Waals surface area contributed by atoms with Gasteiger partial charge in [-0.3, -0.25) is 4.90 Å². The highest BCUT2D eigenvalue weighted by atomic mass is 35.5. The summed E-state index contributed by atoms with van der Waals surface area (Å²) >= 11 is 6.10. The summed E-state index contributed by atoms with van der Waals surface area (Å²) in [5, 5.41) is 7.96. The number of ether oxygens (including phenoxy) is 1. The van der Waals surface area contributed by atoms with Crippen LogP contribution in [0.4, 0.5) is 4.79 Å². The molecule has 0 saturated heterocycles. The van der Waals surface area contributed by atoms with Crippen molar-refractivity contribution in [3.63, 3.8) is 0 Å². The molecule has 0 aliphatic carbocycles. The number of benzene rings is 2. The van der Waals surface area contributed by atoms with Crippen LogP contribution in [0.2, 0.25) is 5.02 Å². The number of nitrogens with one attached hydrogen (secondary N) is 1. The van der Waals surface area contributed by atoms with Crippen molar-refractivity contribution in [3.8, 4) is 11.4 Å². The number of urea groups is 1. The molecule has 2 amide bonds. The predicted molar refractivity (Wildman–Crippen MR) is 132 cm³/mol. The van der Waals surface area contributed by atoms with Gasteiger partial charge in [-0.05, 0) is 57.9 Å². The summed E-state index contributed by atoms with van der Waals surface area (Å²) in [5.74, 6) is 0.875. The zero-order valence-corrected chi connectivity index (χ0v) is 20.6. The van der Waals surface area contributed by atoms with Gasteiger partial charge >= 0.3 is 6.03 Å². The Bertz CT molecular complexity index is 1190. The van der Waals surface area contributed by atoms with Crippen molar-refractivity contribution in [1.29, 1.82) is 0 Å². The van der Waals surface area contributed by atoms with E-state index >= 15 is 0 Å². The summed E-state index contributed by atoms with van der Waals surface area (Å²) in [7, 11) is 0. The largest absolute Gasteiger partial charge is 0.379 e. The summed E-state index contributed by atoms with van der Waals surface area (Å²) < 4.78 is 11.4. The van der Waals surface area contributed by atoms with Gasteiger partial charge in [0.1, 0.15) is 0 Å². The minimum Gasteiger partial charge on any atom is -0.379 e. The fourth-order valence-electron chi connectivity index (χ4n) is 4.01. The molecule has 3 aromatic rings. The van der Waals surface area contributed by atoms with Crippen molar-refractivity contribution in [2.45, 2.75) is 46.3 Å². The van der Waals surface area contributed by atoms with E-state index in [-0.39, 0.29) is 12.1 Å². The molecule has 0 fully saturated rings. The lowest BCUT2D eigenvalue weighted by Crippen LogP contribution is -2.46. The Morgan fingerprint density at radius 3 is 2.65 bits per heavy atom. The number of nitrogens with zero attached hydrogens (tertiary/aromatic N) is 3. The fraction of sp³-hybridized carbons (Fsp3) is 0.346. The maximum absolute atomic E-state index is 13.1. The molecule has 178 valence electrons. The van der Waals surface area contributed by atoms with Gasteiger partial charge < -0.3 is 14.6 Å². The van der Waals surface area contributed by atoms with E-state index in [0.29, 0.717) is 36.3 Å². The first kappa shape index (κ1) is 24.0. The van der Waals surface area contributed by atoms with E-state index in [1.54, 1.807) is 17.0 Å². The van der Waals surface area contributed by atoms with Crippen molar-refractivity contribution in [2.24, 2.45) is 0 Å². The molecule has 4 rings (SSSR count). The number of carbonyl (C=O) groups is 1. The summed E-state index contributed by atoms with van der Waals surface area (Å²) in [6.07, 6.45) is 0.857. The monoisotopic (exact) mass is 480 g/mol. The number of amides is 2. The number of allylic oxidation sites excluding steroid dienone is 1. The van der Waals surface area contributed by atoms with E-state index in [1.807, 2.05) is 64.1 Å². The standard InChI is InChI=1S/C26H29ClN4O3/c1-16(2)33-14-6-13-31-18(4)22(23(28-26(31)32)19-9-11-21(27)12-10-19)25-29-24(30-34-25)20-8-5-7-17(3)15-20/h5,7-12,15-16,23H,6,13-14H2,1-4H3,(H,28,32). The molecular formula is C26H29ClN4O3. The molecule has 1 aromatic heterocycles. The minimum absolute atomic E-state index is 0.148. The second-order valence-corrected chi connectivity index (χ2v) is 9.09. The highest BCUT2D eigenvalue weighted by molar-refractivity contribution is 6.30. The number of aromatic nitrogens is 2. The van der Waals surface area contributed by atoms with Gasteiger partial charge in [0.15, 0.2) is 0 Å². The molecule has 0 spiro atoms. The van der Waals surface area contributed by atoms with Crippen LogP contribution in [-0.4, -0.2) is 40.3 Å². The lowest BCUT2D eigenvalue weighted by atomic mass is 9.94. The van der Waals surface area contributed by atoms with Crippen molar-refractivity contribution in [2.75, 3.05) is 13.2 Å². The normalized spacial score (nSPS) is 16.4.